The summed E-state index contributed by atoms with van der Waals surface area (Å²) in [7, 11) is 0. The molecule has 2 aromatic carbocycles. The van der Waals surface area contributed by atoms with Gasteiger partial charge in [-0.1, -0.05) is 56.3 Å². The van der Waals surface area contributed by atoms with Crippen LogP contribution in [0.5, 0.6) is 0 Å². The molecule has 0 saturated carbocycles. The van der Waals surface area contributed by atoms with Crippen molar-refractivity contribution in [3.8, 4) is 0 Å². The summed E-state index contributed by atoms with van der Waals surface area (Å²) in [5, 5.41) is 5.75. The van der Waals surface area contributed by atoms with Gasteiger partial charge in [-0.2, -0.15) is 0 Å². The van der Waals surface area contributed by atoms with Crippen LogP contribution in [0.25, 0.3) is 0 Å². The highest BCUT2D eigenvalue weighted by atomic mass is 16.2. The summed E-state index contributed by atoms with van der Waals surface area (Å²) in [4.78, 5) is 38.3. The third kappa shape index (κ3) is 4.06. The lowest BCUT2D eigenvalue weighted by Crippen LogP contribution is -2.43. The Kier molecular flexibility index (Phi) is 5.53. The van der Waals surface area contributed by atoms with E-state index in [1.165, 1.54) is 5.56 Å². The first-order valence-corrected chi connectivity index (χ1v) is 10.4. The van der Waals surface area contributed by atoms with Gasteiger partial charge in [-0.15, -0.1) is 0 Å². The van der Waals surface area contributed by atoms with Gasteiger partial charge in [-0.25, -0.2) is 0 Å². The van der Waals surface area contributed by atoms with E-state index in [0.717, 1.165) is 5.56 Å². The van der Waals surface area contributed by atoms with Crippen LogP contribution in [0.2, 0.25) is 0 Å². The summed E-state index contributed by atoms with van der Waals surface area (Å²) in [5.74, 6) is -0.903. The Bertz CT molecular complexity index is 1010. The van der Waals surface area contributed by atoms with E-state index >= 15 is 0 Å². The minimum atomic E-state index is -0.747. The highest BCUT2D eigenvalue weighted by Crippen LogP contribution is 2.39. The molecule has 0 spiro atoms. The predicted octanol–water partition coefficient (Wildman–Crippen LogP) is 4.29. The molecule has 5 heteroatoms. The molecule has 0 aromatic heterocycles. The summed E-state index contributed by atoms with van der Waals surface area (Å²) < 4.78 is 0. The molecule has 2 aromatic rings. The van der Waals surface area contributed by atoms with E-state index in [2.05, 4.69) is 24.5 Å². The van der Waals surface area contributed by atoms with Gasteiger partial charge in [0.1, 0.15) is 0 Å². The van der Waals surface area contributed by atoms with Crippen molar-refractivity contribution in [2.45, 2.75) is 44.9 Å². The molecule has 2 atom stereocenters. The quantitative estimate of drug-likeness (QED) is 0.801. The van der Waals surface area contributed by atoms with E-state index in [9.17, 15) is 14.4 Å². The van der Waals surface area contributed by atoms with Crippen molar-refractivity contribution in [1.29, 1.82) is 0 Å². The molecule has 1 aliphatic carbocycles. The Labute approximate surface area is 176 Å². The molecule has 1 heterocycles. The number of ketones is 1. The van der Waals surface area contributed by atoms with Gasteiger partial charge < -0.3 is 10.6 Å². The third-order valence-corrected chi connectivity index (χ3v) is 5.97. The van der Waals surface area contributed by atoms with E-state index in [-0.39, 0.29) is 29.9 Å². The molecular weight excluding hydrogens is 376 g/mol. The normalized spacial score (nSPS) is 21.3. The largest absolute Gasteiger partial charge is 0.329 e. The minimum Gasteiger partial charge on any atom is -0.329 e. The Morgan fingerprint density at radius 2 is 1.67 bits per heavy atom. The fourth-order valence-corrected chi connectivity index (χ4v) is 4.33. The second kappa shape index (κ2) is 8.27. The van der Waals surface area contributed by atoms with E-state index in [4.69, 9.17) is 0 Å². The summed E-state index contributed by atoms with van der Waals surface area (Å²) in [5.41, 5.74) is 4.00. The fourth-order valence-electron chi connectivity index (χ4n) is 4.33. The number of hydrogen-bond acceptors (Lipinski definition) is 3. The van der Waals surface area contributed by atoms with Crippen LogP contribution in [0.1, 0.15) is 56.1 Å². The minimum absolute atomic E-state index is 0.00348. The Morgan fingerprint density at radius 1 is 0.967 bits per heavy atom. The van der Waals surface area contributed by atoms with Crippen LogP contribution in [0, 0.1) is 5.92 Å². The number of allylic oxidation sites excluding steroid dienone is 1. The van der Waals surface area contributed by atoms with E-state index in [1.54, 1.807) is 0 Å². The van der Waals surface area contributed by atoms with Crippen LogP contribution >= 0.6 is 0 Å². The zero-order chi connectivity index (χ0) is 21.3. The summed E-state index contributed by atoms with van der Waals surface area (Å²) in [6, 6.07) is 17.5. The van der Waals surface area contributed by atoms with Crippen molar-refractivity contribution in [3.63, 3.8) is 0 Å². The number of benzene rings is 2. The molecule has 4 rings (SSSR count). The van der Waals surface area contributed by atoms with Crippen LogP contribution < -0.4 is 10.6 Å². The van der Waals surface area contributed by atoms with Gasteiger partial charge in [0, 0.05) is 29.8 Å². The molecule has 30 heavy (non-hydrogen) atoms. The SMILES string of the molecule is CC(C)c1ccc(NC(=O)[C@@H]2CC(=O)NC3=C2C(=O)C[C@H](c2ccccc2)C3)cc1. The van der Waals surface area contributed by atoms with Gasteiger partial charge >= 0.3 is 0 Å². The molecule has 0 unspecified atom stereocenters. The third-order valence-electron chi connectivity index (χ3n) is 5.97. The molecule has 0 bridgehead atoms. The Balaban J connectivity index is 1.56. The number of nitrogens with one attached hydrogen (secondary N) is 2. The van der Waals surface area contributed by atoms with Crippen molar-refractivity contribution in [2.24, 2.45) is 5.92 Å². The van der Waals surface area contributed by atoms with E-state index < -0.39 is 5.92 Å². The van der Waals surface area contributed by atoms with Crippen LogP contribution in [-0.4, -0.2) is 17.6 Å². The molecule has 154 valence electrons. The van der Waals surface area contributed by atoms with E-state index in [1.807, 2.05) is 54.6 Å². The van der Waals surface area contributed by atoms with Crippen molar-refractivity contribution < 1.29 is 14.4 Å². The second-order valence-corrected chi connectivity index (χ2v) is 8.40. The summed E-state index contributed by atoms with van der Waals surface area (Å²) in [6.07, 6.45) is 0.908. The number of hydrogen-bond donors (Lipinski definition) is 2. The standard InChI is InChI=1S/C25H26N2O3/c1-15(2)16-8-10-19(11-9-16)26-25(30)20-14-23(29)27-21-12-18(13-22(28)24(20)21)17-6-4-3-5-7-17/h3-11,15,18,20H,12-14H2,1-2H3,(H,26,30)(H,27,29)/t18-,20-/m1/s1. The number of amides is 2. The molecule has 0 fully saturated rings. The van der Waals surface area contributed by atoms with Crippen molar-refractivity contribution in [1.82, 2.24) is 5.32 Å². The van der Waals surface area contributed by atoms with Crippen LogP contribution in [0.4, 0.5) is 5.69 Å². The van der Waals surface area contributed by atoms with Gasteiger partial charge in [-0.3, -0.25) is 14.4 Å². The fraction of sp³-hybridized carbons (Fsp3) is 0.320. The zero-order valence-corrected chi connectivity index (χ0v) is 17.3. The smallest absolute Gasteiger partial charge is 0.232 e. The maximum atomic E-state index is 13.0. The highest BCUT2D eigenvalue weighted by molar-refractivity contribution is 6.09. The molecule has 2 aliphatic rings. The Hall–Kier alpha value is -3.21. The van der Waals surface area contributed by atoms with Gasteiger partial charge in [0.05, 0.1) is 5.92 Å². The number of carbonyl (C=O) groups is 3. The van der Waals surface area contributed by atoms with Crippen LogP contribution in [-0.2, 0) is 14.4 Å². The lowest BCUT2D eigenvalue weighted by atomic mass is 9.75. The maximum Gasteiger partial charge on any atom is 0.232 e. The maximum absolute atomic E-state index is 13.0. The topological polar surface area (TPSA) is 75.3 Å². The van der Waals surface area contributed by atoms with Gasteiger partial charge in [-0.05, 0) is 41.5 Å². The first-order chi connectivity index (χ1) is 14.4. The predicted molar refractivity (Wildman–Crippen MR) is 116 cm³/mol. The van der Waals surface area contributed by atoms with Crippen LogP contribution in [0.3, 0.4) is 0 Å². The monoisotopic (exact) mass is 402 g/mol. The van der Waals surface area contributed by atoms with Crippen molar-refractivity contribution >= 4 is 23.3 Å². The lowest BCUT2D eigenvalue weighted by molar-refractivity contribution is -0.129. The first-order valence-electron chi connectivity index (χ1n) is 10.4. The molecule has 2 N–H and O–H groups in total. The number of carbonyl (C=O) groups excluding carboxylic acids is 3. The van der Waals surface area contributed by atoms with Crippen LogP contribution in [0.15, 0.2) is 65.9 Å². The average molecular weight is 402 g/mol. The van der Waals surface area contributed by atoms with Gasteiger partial charge in [0.25, 0.3) is 0 Å². The molecule has 0 saturated heterocycles. The molecule has 0 radical (unpaired) electrons. The molecule has 2 amide bonds. The van der Waals surface area contributed by atoms with Crippen molar-refractivity contribution in [2.75, 3.05) is 5.32 Å². The van der Waals surface area contributed by atoms with Crippen molar-refractivity contribution in [3.05, 3.63) is 77.0 Å². The molecule has 5 nitrogen and oxygen atoms in total. The zero-order valence-electron chi connectivity index (χ0n) is 17.3. The van der Waals surface area contributed by atoms with E-state index in [0.29, 0.717) is 35.7 Å². The lowest BCUT2D eigenvalue weighted by Gasteiger charge is -2.33. The van der Waals surface area contributed by atoms with Gasteiger partial charge in [0.15, 0.2) is 5.78 Å². The first kappa shape index (κ1) is 20.1. The summed E-state index contributed by atoms with van der Waals surface area (Å²) >= 11 is 0. The number of Topliss-reactive ketones (excluding diaryl/α,β-unsaturated/α-hetero) is 1. The molecule has 1 aliphatic heterocycles. The summed E-state index contributed by atoms with van der Waals surface area (Å²) in [6.45, 7) is 4.22. The molecular formula is C25H26N2O3. The average Bonchev–Trinajstić information content (AvgIpc) is 2.73. The number of rotatable bonds is 4. The highest BCUT2D eigenvalue weighted by Gasteiger charge is 2.40. The Morgan fingerprint density at radius 3 is 2.33 bits per heavy atom. The van der Waals surface area contributed by atoms with Gasteiger partial charge in [0.2, 0.25) is 11.8 Å². The number of anilines is 1. The second-order valence-electron chi connectivity index (χ2n) is 8.40.